The minimum atomic E-state index is -1.68. The number of amidine groups is 1. The Morgan fingerprint density at radius 1 is 1.33 bits per heavy atom. The van der Waals surface area contributed by atoms with Crippen LogP contribution in [0.3, 0.4) is 0 Å². The molecule has 4 rings (SSSR count). The number of amides is 1. The van der Waals surface area contributed by atoms with E-state index in [0.29, 0.717) is 6.42 Å². The molecule has 12 heteroatoms. The molecule has 1 aromatic carbocycles. The van der Waals surface area contributed by atoms with Gasteiger partial charge in [-0.3, -0.25) is 4.79 Å². The van der Waals surface area contributed by atoms with Crippen LogP contribution in [0.4, 0.5) is 18.9 Å². The van der Waals surface area contributed by atoms with Gasteiger partial charge in [0, 0.05) is 17.7 Å². The number of carbonyl (C=O) groups is 1. The van der Waals surface area contributed by atoms with E-state index >= 15 is 0 Å². The first-order valence-electron chi connectivity index (χ1n) is 10.2. The van der Waals surface area contributed by atoms with E-state index in [9.17, 15) is 18.0 Å². The van der Waals surface area contributed by atoms with Gasteiger partial charge in [-0.15, -0.1) is 0 Å². The highest BCUT2D eigenvalue weighted by Crippen LogP contribution is 2.45. The van der Waals surface area contributed by atoms with Crippen molar-refractivity contribution >= 4 is 17.6 Å². The van der Waals surface area contributed by atoms with Crippen LogP contribution in [0.1, 0.15) is 29.4 Å². The fourth-order valence-corrected chi connectivity index (χ4v) is 4.13. The first-order valence-corrected chi connectivity index (χ1v) is 10.2. The number of carbonyl (C=O) groups excluding carboxylic acids is 1. The number of benzene rings is 1. The van der Waals surface area contributed by atoms with Gasteiger partial charge in [-0.1, -0.05) is 0 Å². The molecule has 4 unspecified atom stereocenters. The fraction of sp³-hybridized carbons (Fsp3) is 0.429. The Labute approximate surface area is 187 Å². The molecule has 176 valence electrons. The van der Waals surface area contributed by atoms with Gasteiger partial charge in [0.25, 0.3) is 11.9 Å². The zero-order chi connectivity index (χ0) is 23.6. The quantitative estimate of drug-likeness (QED) is 0.672. The Balaban J connectivity index is 1.64. The number of aliphatic imine (C=N–C) groups is 1. The molecule has 2 aliphatic heterocycles. The SMILES string of the molecule is CC1CC2OC(N)=NC(CF)(c3cc(NC(=O)c4cnc(OCF)cn4)ccc3F)C2CO1. The molecule has 0 spiro atoms. The van der Waals surface area contributed by atoms with Gasteiger partial charge >= 0.3 is 0 Å². The predicted octanol–water partition coefficient (Wildman–Crippen LogP) is 2.48. The summed E-state index contributed by atoms with van der Waals surface area (Å²) in [5.41, 5.74) is 4.16. The predicted molar refractivity (Wildman–Crippen MR) is 111 cm³/mol. The van der Waals surface area contributed by atoms with Crippen molar-refractivity contribution in [1.29, 1.82) is 0 Å². The Kier molecular flexibility index (Phi) is 6.36. The van der Waals surface area contributed by atoms with E-state index < -0.39 is 42.8 Å². The first-order chi connectivity index (χ1) is 15.9. The maximum absolute atomic E-state index is 15.0. The van der Waals surface area contributed by atoms with Crippen molar-refractivity contribution in [3.8, 4) is 5.88 Å². The molecule has 3 heterocycles. The molecular weight excluding hydrogens is 443 g/mol. The molecule has 1 saturated heterocycles. The summed E-state index contributed by atoms with van der Waals surface area (Å²) in [4.78, 5) is 24.3. The molecule has 2 aromatic rings. The Morgan fingerprint density at radius 2 is 2.15 bits per heavy atom. The van der Waals surface area contributed by atoms with Crippen LogP contribution in [0, 0.1) is 11.7 Å². The minimum absolute atomic E-state index is 0.0834. The Hall–Kier alpha value is -3.41. The van der Waals surface area contributed by atoms with Crippen molar-refractivity contribution in [3.05, 3.63) is 47.7 Å². The largest absolute Gasteiger partial charge is 0.462 e. The first kappa shape index (κ1) is 22.8. The average Bonchev–Trinajstić information content (AvgIpc) is 2.80. The lowest BCUT2D eigenvalue weighted by Gasteiger charge is -2.46. The molecule has 1 aromatic heterocycles. The van der Waals surface area contributed by atoms with Gasteiger partial charge in [-0.2, -0.15) is 0 Å². The third kappa shape index (κ3) is 4.42. The third-order valence-corrected chi connectivity index (χ3v) is 5.73. The van der Waals surface area contributed by atoms with Gasteiger partial charge in [0.2, 0.25) is 12.7 Å². The molecule has 3 N–H and O–H groups in total. The van der Waals surface area contributed by atoms with Gasteiger partial charge in [-0.25, -0.2) is 28.1 Å². The van der Waals surface area contributed by atoms with Crippen molar-refractivity contribution in [3.63, 3.8) is 0 Å². The van der Waals surface area contributed by atoms with Gasteiger partial charge < -0.3 is 25.3 Å². The summed E-state index contributed by atoms with van der Waals surface area (Å²) < 4.78 is 57.6. The highest BCUT2D eigenvalue weighted by atomic mass is 19.1. The lowest BCUT2D eigenvalue weighted by atomic mass is 9.73. The maximum atomic E-state index is 15.0. The summed E-state index contributed by atoms with van der Waals surface area (Å²) in [6.07, 6.45) is 2.00. The number of nitrogens with two attached hydrogens (primary N) is 1. The number of hydrogen-bond donors (Lipinski definition) is 2. The summed E-state index contributed by atoms with van der Waals surface area (Å²) in [5.74, 6) is -2.09. The summed E-state index contributed by atoms with van der Waals surface area (Å²) in [6, 6.07) is 3.50. The van der Waals surface area contributed by atoms with Crippen LogP contribution >= 0.6 is 0 Å². The second-order valence-corrected chi connectivity index (χ2v) is 7.79. The smallest absolute Gasteiger partial charge is 0.283 e. The van der Waals surface area contributed by atoms with Crippen molar-refractivity contribution in [2.45, 2.75) is 31.1 Å². The fourth-order valence-electron chi connectivity index (χ4n) is 4.13. The van der Waals surface area contributed by atoms with E-state index in [-0.39, 0.29) is 41.6 Å². The molecular formula is C21H22F3N5O4. The zero-order valence-electron chi connectivity index (χ0n) is 17.6. The molecule has 0 bridgehead atoms. The second kappa shape index (κ2) is 9.22. The summed E-state index contributed by atoms with van der Waals surface area (Å²) in [5, 5.41) is 2.56. The average molecular weight is 465 g/mol. The van der Waals surface area contributed by atoms with Crippen LogP contribution < -0.4 is 15.8 Å². The molecule has 1 amide bonds. The van der Waals surface area contributed by atoms with Crippen molar-refractivity contribution < 1.29 is 32.2 Å². The molecule has 0 radical (unpaired) electrons. The Morgan fingerprint density at radius 3 is 2.85 bits per heavy atom. The van der Waals surface area contributed by atoms with Crippen LogP contribution in [-0.2, 0) is 15.0 Å². The number of aromatic nitrogens is 2. The highest BCUT2D eigenvalue weighted by molar-refractivity contribution is 6.02. The van der Waals surface area contributed by atoms with Gasteiger partial charge in [0.1, 0.15) is 29.8 Å². The van der Waals surface area contributed by atoms with E-state index in [1.165, 1.54) is 12.1 Å². The zero-order valence-corrected chi connectivity index (χ0v) is 17.6. The Bertz CT molecular complexity index is 1050. The van der Waals surface area contributed by atoms with E-state index in [1.807, 2.05) is 6.92 Å². The standard InChI is InChI=1S/C21H22F3N5O4/c1-11-4-17-14(8-31-11)21(9-22,29-20(25)33-17)13-5-12(2-3-15(13)24)28-19(30)16-6-27-18(7-26-16)32-10-23/h2-3,5-7,11,14,17H,4,8-10H2,1H3,(H2,25,29)(H,28,30). The number of fused-ring (bicyclic) bond motifs is 1. The van der Waals surface area contributed by atoms with E-state index in [4.69, 9.17) is 15.2 Å². The second-order valence-electron chi connectivity index (χ2n) is 7.79. The van der Waals surface area contributed by atoms with Crippen molar-refractivity contribution in [1.82, 2.24) is 9.97 Å². The van der Waals surface area contributed by atoms with Gasteiger partial charge in [0.05, 0.1) is 31.0 Å². The molecule has 9 nitrogen and oxygen atoms in total. The van der Waals surface area contributed by atoms with Crippen molar-refractivity contribution in [2.75, 3.05) is 25.5 Å². The van der Waals surface area contributed by atoms with Crippen LogP contribution in [0.15, 0.2) is 35.6 Å². The van der Waals surface area contributed by atoms with Crippen LogP contribution in [0.25, 0.3) is 0 Å². The monoisotopic (exact) mass is 465 g/mol. The van der Waals surface area contributed by atoms with Crippen molar-refractivity contribution in [2.24, 2.45) is 16.6 Å². The molecule has 33 heavy (non-hydrogen) atoms. The number of rotatable bonds is 6. The number of hydrogen-bond acceptors (Lipinski definition) is 8. The number of alkyl halides is 2. The normalized spacial score (nSPS) is 26.5. The molecule has 0 aliphatic carbocycles. The van der Waals surface area contributed by atoms with E-state index in [0.717, 1.165) is 18.5 Å². The third-order valence-electron chi connectivity index (χ3n) is 5.73. The lowest BCUT2D eigenvalue weighted by molar-refractivity contribution is -0.109. The highest BCUT2D eigenvalue weighted by Gasteiger charge is 2.52. The van der Waals surface area contributed by atoms with Crippen LogP contribution in [0.5, 0.6) is 5.88 Å². The number of ether oxygens (including phenoxy) is 3. The van der Waals surface area contributed by atoms with E-state index in [1.54, 1.807) is 0 Å². The maximum Gasteiger partial charge on any atom is 0.283 e. The number of anilines is 1. The molecule has 1 fully saturated rings. The molecule has 4 atom stereocenters. The lowest BCUT2D eigenvalue weighted by Crippen LogP contribution is -2.55. The molecule has 0 saturated carbocycles. The number of halogens is 3. The van der Waals surface area contributed by atoms with Gasteiger partial charge in [-0.05, 0) is 25.1 Å². The summed E-state index contributed by atoms with van der Waals surface area (Å²) >= 11 is 0. The minimum Gasteiger partial charge on any atom is -0.462 e. The summed E-state index contributed by atoms with van der Waals surface area (Å²) in [6.45, 7) is -0.176. The van der Waals surface area contributed by atoms with Gasteiger partial charge in [0.15, 0.2) is 0 Å². The van der Waals surface area contributed by atoms with Crippen LogP contribution in [0.2, 0.25) is 0 Å². The summed E-state index contributed by atoms with van der Waals surface area (Å²) in [7, 11) is 0. The topological polar surface area (TPSA) is 121 Å². The number of nitrogens with one attached hydrogen (secondary N) is 1. The number of nitrogens with zero attached hydrogens (tertiary/aromatic N) is 3. The molecule has 2 aliphatic rings. The van der Waals surface area contributed by atoms with Crippen LogP contribution in [-0.4, -0.2) is 54.2 Å². The van der Waals surface area contributed by atoms with E-state index in [2.05, 4.69) is 25.0 Å².